The molecule has 0 aliphatic heterocycles. The van der Waals surface area contributed by atoms with Crippen molar-refractivity contribution in [2.24, 2.45) is 10.8 Å². The van der Waals surface area contributed by atoms with Gasteiger partial charge in [-0.3, -0.25) is 4.79 Å². The van der Waals surface area contributed by atoms with Crippen molar-refractivity contribution in [3.63, 3.8) is 0 Å². The van der Waals surface area contributed by atoms with Crippen molar-refractivity contribution in [1.82, 2.24) is 14.9 Å². The number of ether oxygens (including phenoxy) is 1. The van der Waals surface area contributed by atoms with Crippen molar-refractivity contribution in [3.05, 3.63) is 40.4 Å². The molecule has 0 spiro atoms. The van der Waals surface area contributed by atoms with Crippen LogP contribution in [0.1, 0.15) is 11.4 Å². The molecule has 0 aliphatic carbocycles. The zero-order valence-electron chi connectivity index (χ0n) is 11.4. The summed E-state index contributed by atoms with van der Waals surface area (Å²) in [4.78, 5) is 10.6. The number of nitrogens with zero attached hydrogens (tertiary/aromatic N) is 3. The minimum Gasteiger partial charge on any atom is -0.484 e. The summed E-state index contributed by atoms with van der Waals surface area (Å²) in [7, 11) is 0. The first kappa shape index (κ1) is 16.7. The molecule has 122 valence electrons. The monoisotopic (exact) mass is 345 g/mol. The number of hydrogen-bond acceptors (Lipinski definition) is 5. The van der Waals surface area contributed by atoms with Gasteiger partial charge in [-0.25, -0.2) is 5.10 Å². The lowest BCUT2D eigenvalue weighted by molar-refractivity contribution is -0.147. The number of amides is 1. The number of halogens is 3. The molecule has 23 heavy (non-hydrogen) atoms. The Morgan fingerprint density at radius 3 is 2.65 bits per heavy atom. The number of rotatable bonds is 5. The quantitative estimate of drug-likeness (QED) is 0.636. The molecule has 1 aromatic carbocycles. The Morgan fingerprint density at radius 1 is 1.43 bits per heavy atom. The van der Waals surface area contributed by atoms with E-state index in [4.69, 9.17) is 22.7 Å². The van der Waals surface area contributed by atoms with Gasteiger partial charge in [-0.1, -0.05) is 0 Å². The van der Waals surface area contributed by atoms with Crippen LogP contribution in [-0.4, -0.2) is 33.6 Å². The van der Waals surface area contributed by atoms with E-state index in [1.54, 1.807) is 0 Å². The van der Waals surface area contributed by atoms with Crippen molar-refractivity contribution in [1.29, 1.82) is 0 Å². The Hall–Kier alpha value is -2.69. The fourth-order valence-corrected chi connectivity index (χ4v) is 1.69. The van der Waals surface area contributed by atoms with Crippen LogP contribution in [0, 0.1) is 4.77 Å². The molecule has 0 saturated carbocycles. The van der Waals surface area contributed by atoms with Crippen LogP contribution in [0.3, 0.4) is 0 Å². The van der Waals surface area contributed by atoms with E-state index in [0.717, 1.165) is 0 Å². The molecule has 0 bridgehead atoms. The normalized spacial score (nSPS) is 11.8. The number of aromatic amines is 1. The number of primary amides is 1. The molecule has 2 rings (SSSR count). The maximum absolute atomic E-state index is 12.7. The summed E-state index contributed by atoms with van der Waals surface area (Å²) >= 11 is 4.70. The molecule has 7 nitrogen and oxygen atoms in total. The number of benzene rings is 1. The first-order valence-corrected chi connectivity index (χ1v) is 6.48. The van der Waals surface area contributed by atoms with Crippen LogP contribution in [-0.2, 0) is 11.0 Å². The van der Waals surface area contributed by atoms with Crippen LogP contribution >= 0.6 is 12.2 Å². The number of nitrogens with two attached hydrogens (primary N) is 1. The number of H-pyrrole nitrogens is 1. The minimum absolute atomic E-state index is 0.271. The summed E-state index contributed by atoms with van der Waals surface area (Å²) in [6, 6.07) is 6.11. The zero-order chi connectivity index (χ0) is 17.0. The third-order valence-electron chi connectivity index (χ3n) is 2.49. The lowest BCUT2D eigenvalue weighted by Gasteiger charge is -2.04. The first-order valence-electron chi connectivity index (χ1n) is 6.07. The molecule has 1 amide bonds. The van der Waals surface area contributed by atoms with E-state index in [1.807, 2.05) is 5.10 Å². The third-order valence-corrected chi connectivity index (χ3v) is 2.75. The van der Waals surface area contributed by atoms with Gasteiger partial charge in [0.15, 0.2) is 6.61 Å². The van der Waals surface area contributed by atoms with E-state index in [9.17, 15) is 18.0 Å². The summed E-state index contributed by atoms with van der Waals surface area (Å²) in [6.07, 6.45) is -3.50. The second-order valence-electron chi connectivity index (χ2n) is 4.23. The van der Waals surface area contributed by atoms with Gasteiger partial charge in [-0.05, 0) is 42.0 Å². The molecule has 1 aromatic heterocycles. The van der Waals surface area contributed by atoms with E-state index < -0.39 is 17.9 Å². The molecule has 0 saturated heterocycles. The fraction of sp³-hybridized carbons (Fsp3) is 0.167. The summed E-state index contributed by atoms with van der Waals surface area (Å²) in [5.74, 6) is -1.48. The second kappa shape index (κ2) is 6.60. The van der Waals surface area contributed by atoms with Crippen LogP contribution in [0.4, 0.5) is 13.2 Å². The van der Waals surface area contributed by atoms with E-state index in [-0.39, 0.29) is 11.4 Å². The SMILES string of the molecule is NC(=O)COc1ccc(/C=N/n2c(C(F)(F)F)n[nH]c2=S)cc1. The largest absolute Gasteiger partial charge is 0.484 e. The highest BCUT2D eigenvalue weighted by atomic mass is 32.1. The Balaban J connectivity index is 2.17. The van der Waals surface area contributed by atoms with Gasteiger partial charge >= 0.3 is 6.18 Å². The molecule has 2 aromatic rings. The maximum atomic E-state index is 12.7. The van der Waals surface area contributed by atoms with Gasteiger partial charge < -0.3 is 10.5 Å². The van der Waals surface area contributed by atoms with Gasteiger partial charge in [0, 0.05) is 0 Å². The highest BCUT2D eigenvalue weighted by Gasteiger charge is 2.37. The smallest absolute Gasteiger partial charge is 0.453 e. The van der Waals surface area contributed by atoms with E-state index >= 15 is 0 Å². The molecule has 0 fully saturated rings. The van der Waals surface area contributed by atoms with Crippen LogP contribution in [0.2, 0.25) is 0 Å². The molecule has 11 heteroatoms. The Labute approximate surface area is 132 Å². The van der Waals surface area contributed by atoms with E-state index in [1.165, 1.54) is 30.5 Å². The van der Waals surface area contributed by atoms with Crippen LogP contribution in [0.5, 0.6) is 5.75 Å². The molecular weight excluding hydrogens is 335 g/mol. The van der Waals surface area contributed by atoms with Gasteiger partial charge in [-0.2, -0.15) is 22.9 Å². The van der Waals surface area contributed by atoms with E-state index in [0.29, 0.717) is 16.0 Å². The van der Waals surface area contributed by atoms with Gasteiger partial charge in [0.2, 0.25) is 4.77 Å². The lowest BCUT2D eigenvalue weighted by atomic mass is 10.2. The molecule has 3 N–H and O–H groups in total. The first-order chi connectivity index (χ1) is 10.8. The number of carbonyl (C=O) groups is 1. The average molecular weight is 345 g/mol. The number of carbonyl (C=O) groups excluding carboxylic acids is 1. The molecule has 0 aliphatic rings. The minimum atomic E-state index is -4.68. The predicted molar refractivity (Wildman–Crippen MR) is 76.5 cm³/mol. The van der Waals surface area contributed by atoms with E-state index in [2.05, 4.69) is 10.2 Å². The molecule has 0 atom stereocenters. The topological polar surface area (TPSA) is 98.3 Å². The average Bonchev–Trinajstić information content (AvgIpc) is 2.85. The molecule has 0 unspecified atom stereocenters. The summed E-state index contributed by atoms with van der Waals surface area (Å²) < 4.78 is 43.4. The van der Waals surface area contributed by atoms with Gasteiger partial charge in [0.1, 0.15) is 5.75 Å². The van der Waals surface area contributed by atoms with Gasteiger partial charge in [0.05, 0.1) is 6.21 Å². The van der Waals surface area contributed by atoms with Crippen molar-refractivity contribution in [2.75, 3.05) is 6.61 Å². The zero-order valence-corrected chi connectivity index (χ0v) is 12.2. The van der Waals surface area contributed by atoms with Crippen LogP contribution in [0.15, 0.2) is 29.4 Å². The van der Waals surface area contributed by atoms with Crippen molar-refractivity contribution in [2.45, 2.75) is 6.18 Å². The highest BCUT2D eigenvalue weighted by Crippen LogP contribution is 2.27. The van der Waals surface area contributed by atoms with Crippen LogP contribution in [0.25, 0.3) is 0 Å². The second-order valence-corrected chi connectivity index (χ2v) is 4.62. The number of alkyl halides is 3. The predicted octanol–water partition coefficient (Wildman–Crippen LogP) is 1.71. The van der Waals surface area contributed by atoms with Crippen molar-refractivity contribution in [3.8, 4) is 5.75 Å². The molecule has 1 heterocycles. The molecule has 0 radical (unpaired) electrons. The van der Waals surface area contributed by atoms with Gasteiger partial charge in [-0.15, -0.1) is 5.10 Å². The summed E-state index contributed by atoms with van der Waals surface area (Å²) in [5, 5.41) is 8.80. The standard InChI is InChI=1S/C12H10F3N5O2S/c13-12(14,15)10-18-19-11(23)20(10)17-5-7-1-3-8(4-2-7)22-6-9(16)21/h1-5H,6H2,(H2,16,21)(H,19,23)/b17-5+. The third kappa shape index (κ3) is 4.39. The number of hydrogen-bond donors (Lipinski definition) is 2. The summed E-state index contributed by atoms with van der Waals surface area (Å²) in [5.41, 5.74) is 5.43. The lowest BCUT2D eigenvalue weighted by Crippen LogP contribution is -2.19. The Bertz CT molecular complexity index is 779. The van der Waals surface area contributed by atoms with Crippen LogP contribution < -0.4 is 10.5 Å². The fourth-order valence-electron chi connectivity index (χ4n) is 1.51. The number of aromatic nitrogens is 3. The molecular formula is C12H10F3N5O2S. The Morgan fingerprint density at radius 2 is 2.09 bits per heavy atom. The van der Waals surface area contributed by atoms with Crippen molar-refractivity contribution < 1.29 is 22.7 Å². The Kier molecular flexibility index (Phi) is 4.79. The highest BCUT2D eigenvalue weighted by molar-refractivity contribution is 7.71. The number of nitrogens with one attached hydrogen (secondary N) is 1. The van der Waals surface area contributed by atoms with Gasteiger partial charge in [0.25, 0.3) is 11.7 Å². The maximum Gasteiger partial charge on any atom is 0.453 e. The van der Waals surface area contributed by atoms with Crippen molar-refractivity contribution >= 4 is 24.3 Å². The summed E-state index contributed by atoms with van der Waals surface area (Å²) in [6.45, 7) is -0.271.